The van der Waals surface area contributed by atoms with Crippen LogP contribution in [0, 0.1) is 0 Å². The highest BCUT2D eigenvalue weighted by molar-refractivity contribution is 9.10. The first-order valence-electron chi connectivity index (χ1n) is 3.73. The normalized spacial score (nSPS) is 16.5. The van der Waals surface area contributed by atoms with Gasteiger partial charge in [-0.3, -0.25) is 0 Å². The van der Waals surface area contributed by atoms with Crippen LogP contribution in [-0.2, 0) is 4.43 Å². The van der Waals surface area contributed by atoms with Gasteiger partial charge in [-0.05, 0) is 27.2 Å². The molecule has 0 saturated carbocycles. The fourth-order valence-corrected chi connectivity index (χ4v) is 1.77. The topological polar surface area (TPSA) is 9.23 Å². The molecule has 0 aromatic heterocycles. The number of hydrogen-bond acceptors (Lipinski definition) is 1. The van der Waals surface area contributed by atoms with Crippen molar-refractivity contribution < 1.29 is 4.43 Å². The lowest BCUT2D eigenvalue weighted by molar-refractivity contribution is 0.137. The van der Waals surface area contributed by atoms with Gasteiger partial charge in [0, 0.05) is 10.1 Å². The average Bonchev–Trinajstić information content (AvgIpc) is 1.81. The molecule has 0 heterocycles. The Bertz CT molecular complexity index is 90.1. The van der Waals surface area contributed by atoms with Crippen LogP contribution in [-0.4, -0.2) is 19.8 Å². The van der Waals surface area contributed by atoms with Crippen LogP contribution >= 0.6 is 15.9 Å². The van der Waals surface area contributed by atoms with Gasteiger partial charge in [-0.15, -0.1) is 0 Å². The van der Waals surface area contributed by atoms with E-state index in [-0.39, 0.29) is 15.4 Å². The largest absolute Gasteiger partial charge is 0.418 e. The van der Waals surface area contributed by atoms with E-state index in [0.717, 1.165) is 0 Å². The summed E-state index contributed by atoms with van der Waals surface area (Å²) in [6.45, 7) is 8.50. The summed E-state index contributed by atoms with van der Waals surface area (Å²) >= 11 is 3.57. The number of rotatable bonds is 3. The molecule has 0 aliphatic carbocycles. The van der Waals surface area contributed by atoms with Crippen LogP contribution < -0.4 is 0 Å². The summed E-state index contributed by atoms with van der Waals surface area (Å²) in [5.74, 6) is 0. The third-order valence-electron chi connectivity index (χ3n) is 1.14. The Kier molecular flexibility index (Phi) is 4.81. The van der Waals surface area contributed by atoms with E-state index in [1.54, 1.807) is 0 Å². The second-order valence-electron chi connectivity index (χ2n) is 3.43. The van der Waals surface area contributed by atoms with Gasteiger partial charge in [0.1, 0.15) is 0 Å². The lowest BCUT2D eigenvalue weighted by Gasteiger charge is -2.21. The molecule has 0 spiro atoms. The first kappa shape index (κ1) is 10.7. The Balaban J connectivity index is 3.36. The highest BCUT2D eigenvalue weighted by Crippen LogP contribution is 2.10. The van der Waals surface area contributed by atoms with Gasteiger partial charge in [0.2, 0.25) is 0 Å². The van der Waals surface area contributed by atoms with Crippen LogP contribution in [0.25, 0.3) is 0 Å². The maximum Gasteiger partial charge on any atom is 0.175 e. The molecular formula is C7H17BrOSi. The first-order chi connectivity index (χ1) is 4.45. The molecular weight excluding hydrogens is 208 g/mol. The maximum absolute atomic E-state index is 5.67. The standard InChI is InChI=1S/C7H17BrOSi/c1-5-6(8)10-9-7(2,3)4/h6H,5,10H2,1-4H3. The third-order valence-corrected chi connectivity index (χ3v) is 4.55. The van der Waals surface area contributed by atoms with E-state index in [0.29, 0.717) is 4.45 Å². The van der Waals surface area contributed by atoms with Crippen LogP contribution in [0.1, 0.15) is 34.1 Å². The van der Waals surface area contributed by atoms with Crippen molar-refractivity contribution in [2.24, 2.45) is 0 Å². The van der Waals surface area contributed by atoms with Gasteiger partial charge in [0.25, 0.3) is 0 Å². The SMILES string of the molecule is CCC(Br)[SiH2]OC(C)(C)C. The molecule has 0 amide bonds. The van der Waals surface area contributed by atoms with Crippen molar-refractivity contribution in [3.8, 4) is 0 Å². The van der Waals surface area contributed by atoms with Gasteiger partial charge < -0.3 is 4.43 Å². The molecule has 1 unspecified atom stereocenters. The van der Waals surface area contributed by atoms with Gasteiger partial charge in [-0.25, -0.2) is 0 Å². The fourth-order valence-electron chi connectivity index (χ4n) is 0.458. The highest BCUT2D eigenvalue weighted by Gasteiger charge is 2.12. The summed E-state index contributed by atoms with van der Waals surface area (Å²) in [4.78, 5) is 0. The zero-order chi connectivity index (χ0) is 8.20. The van der Waals surface area contributed by atoms with E-state index in [4.69, 9.17) is 4.43 Å². The van der Waals surface area contributed by atoms with Gasteiger partial charge in [-0.2, -0.15) is 0 Å². The van der Waals surface area contributed by atoms with Crippen LogP contribution in [0.3, 0.4) is 0 Å². The molecule has 0 aliphatic rings. The van der Waals surface area contributed by atoms with Crippen molar-refractivity contribution in [2.75, 3.05) is 0 Å². The second kappa shape index (κ2) is 4.52. The Labute approximate surface area is 74.6 Å². The molecule has 0 aliphatic heterocycles. The summed E-state index contributed by atoms with van der Waals surface area (Å²) in [5, 5.41) is 0. The molecule has 10 heavy (non-hydrogen) atoms. The maximum atomic E-state index is 5.67. The quantitative estimate of drug-likeness (QED) is 0.527. The smallest absolute Gasteiger partial charge is 0.175 e. The lowest BCUT2D eigenvalue weighted by Crippen LogP contribution is -2.26. The molecule has 0 rings (SSSR count). The summed E-state index contributed by atoms with van der Waals surface area (Å²) in [6, 6.07) is 0. The molecule has 1 nitrogen and oxygen atoms in total. The van der Waals surface area contributed by atoms with Crippen LogP contribution in [0.5, 0.6) is 0 Å². The summed E-state index contributed by atoms with van der Waals surface area (Å²) < 4.78 is 6.32. The Morgan fingerprint density at radius 1 is 1.50 bits per heavy atom. The van der Waals surface area contributed by atoms with Crippen molar-refractivity contribution in [1.29, 1.82) is 0 Å². The minimum Gasteiger partial charge on any atom is -0.418 e. The minimum absolute atomic E-state index is 0.0629. The fraction of sp³-hybridized carbons (Fsp3) is 1.00. The average molecular weight is 225 g/mol. The van der Waals surface area contributed by atoms with Crippen molar-refractivity contribution in [3.05, 3.63) is 0 Å². The molecule has 62 valence electrons. The zero-order valence-electron chi connectivity index (χ0n) is 7.28. The molecule has 0 radical (unpaired) electrons. The third kappa shape index (κ3) is 6.77. The Hall–Kier alpha value is 0.657. The molecule has 1 atom stereocenters. The van der Waals surface area contributed by atoms with Crippen molar-refractivity contribution >= 4 is 25.7 Å². The van der Waals surface area contributed by atoms with Crippen molar-refractivity contribution in [3.63, 3.8) is 0 Å². The molecule has 0 bridgehead atoms. The van der Waals surface area contributed by atoms with Crippen LogP contribution in [0.2, 0.25) is 0 Å². The Morgan fingerprint density at radius 2 is 2.00 bits per heavy atom. The van der Waals surface area contributed by atoms with Crippen molar-refractivity contribution in [1.82, 2.24) is 0 Å². The minimum atomic E-state index is -0.352. The first-order valence-corrected chi connectivity index (χ1v) is 6.04. The summed E-state index contributed by atoms with van der Waals surface area (Å²) in [6.07, 6.45) is 1.18. The number of hydrogen-bond donors (Lipinski definition) is 0. The van der Waals surface area contributed by atoms with Crippen LogP contribution in [0.4, 0.5) is 0 Å². The van der Waals surface area contributed by atoms with E-state index in [9.17, 15) is 0 Å². The van der Waals surface area contributed by atoms with Gasteiger partial charge >= 0.3 is 0 Å². The Morgan fingerprint density at radius 3 is 2.30 bits per heavy atom. The summed E-state index contributed by atoms with van der Waals surface area (Å²) in [5.41, 5.74) is 0.0629. The molecule has 3 heteroatoms. The van der Waals surface area contributed by atoms with E-state index in [1.165, 1.54) is 6.42 Å². The number of halogens is 1. The lowest BCUT2D eigenvalue weighted by atomic mass is 10.2. The predicted octanol–water partition coefficient (Wildman–Crippen LogP) is 2.02. The molecule has 0 N–H and O–H groups in total. The van der Waals surface area contributed by atoms with E-state index in [2.05, 4.69) is 43.6 Å². The van der Waals surface area contributed by atoms with E-state index < -0.39 is 0 Å². The molecule has 0 aromatic rings. The van der Waals surface area contributed by atoms with Crippen LogP contribution in [0.15, 0.2) is 0 Å². The zero-order valence-corrected chi connectivity index (χ0v) is 10.3. The van der Waals surface area contributed by atoms with Gasteiger partial charge in [0.05, 0.1) is 0 Å². The van der Waals surface area contributed by atoms with E-state index in [1.807, 2.05) is 0 Å². The summed E-state index contributed by atoms with van der Waals surface area (Å²) in [7, 11) is -0.352. The molecule has 0 saturated heterocycles. The van der Waals surface area contributed by atoms with Gasteiger partial charge in [-0.1, -0.05) is 22.9 Å². The van der Waals surface area contributed by atoms with Crippen molar-refractivity contribution in [2.45, 2.75) is 44.2 Å². The van der Waals surface area contributed by atoms with E-state index >= 15 is 0 Å². The highest BCUT2D eigenvalue weighted by atomic mass is 79.9. The molecule has 0 aromatic carbocycles. The second-order valence-corrected chi connectivity index (χ2v) is 7.53. The molecule has 0 fully saturated rings. The number of alkyl halides is 1. The monoisotopic (exact) mass is 224 g/mol. The predicted molar refractivity (Wildman–Crippen MR) is 52.4 cm³/mol. The van der Waals surface area contributed by atoms with Gasteiger partial charge in [0.15, 0.2) is 9.76 Å².